The van der Waals surface area contributed by atoms with Gasteiger partial charge >= 0.3 is 0 Å². The first-order valence-corrected chi connectivity index (χ1v) is 9.88. The van der Waals surface area contributed by atoms with Gasteiger partial charge in [0.2, 0.25) is 11.8 Å². The Hall–Kier alpha value is -2.69. The van der Waals surface area contributed by atoms with E-state index in [1.807, 2.05) is 36.1 Å². The van der Waals surface area contributed by atoms with E-state index in [1.54, 1.807) is 18.2 Å². The van der Waals surface area contributed by atoms with Crippen LogP contribution in [0.5, 0.6) is 0 Å². The number of halogens is 1. The minimum atomic E-state index is -0.239. The molecule has 28 heavy (non-hydrogen) atoms. The zero-order chi connectivity index (χ0) is 19.9. The summed E-state index contributed by atoms with van der Waals surface area (Å²) in [7, 11) is 0. The Labute approximate surface area is 165 Å². The van der Waals surface area contributed by atoms with Crippen LogP contribution in [-0.2, 0) is 22.4 Å². The Bertz CT molecular complexity index is 829. The van der Waals surface area contributed by atoms with Crippen molar-refractivity contribution < 1.29 is 14.0 Å². The fourth-order valence-electron chi connectivity index (χ4n) is 3.64. The fourth-order valence-corrected chi connectivity index (χ4v) is 3.64. The van der Waals surface area contributed by atoms with E-state index in [2.05, 4.69) is 5.32 Å². The summed E-state index contributed by atoms with van der Waals surface area (Å²) in [5, 5.41) is 2.91. The number of hydrogen-bond acceptors (Lipinski definition) is 2. The molecule has 0 atom stereocenters. The Morgan fingerprint density at radius 3 is 2.36 bits per heavy atom. The zero-order valence-electron chi connectivity index (χ0n) is 16.3. The van der Waals surface area contributed by atoms with E-state index in [0.717, 1.165) is 11.1 Å². The van der Waals surface area contributed by atoms with E-state index < -0.39 is 0 Å². The predicted molar refractivity (Wildman–Crippen MR) is 107 cm³/mol. The summed E-state index contributed by atoms with van der Waals surface area (Å²) >= 11 is 0. The Kier molecular flexibility index (Phi) is 6.80. The number of rotatable bonds is 6. The van der Waals surface area contributed by atoms with Crippen molar-refractivity contribution >= 4 is 11.8 Å². The van der Waals surface area contributed by atoms with Gasteiger partial charge in [-0.25, -0.2) is 4.39 Å². The zero-order valence-corrected chi connectivity index (χ0v) is 16.3. The Balaban J connectivity index is 1.42. The van der Waals surface area contributed by atoms with Gasteiger partial charge in [-0.3, -0.25) is 9.59 Å². The molecular weight excluding hydrogens is 355 g/mol. The van der Waals surface area contributed by atoms with Crippen LogP contribution in [0.15, 0.2) is 48.5 Å². The lowest BCUT2D eigenvalue weighted by Crippen LogP contribution is -2.43. The van der Waals surface area contributed by atoms with Crippen molar-refractivity contribution in [3.05, 3.63) is 71.0 Å². The number of nitrogens with one attached hydrogen (secondary N) is 1. The SMILES string of the molecule is Cc1ccccc1CC(=O)N1CCC(C(=O)NCCc2ccccc2F)CC1. The lowest BCUT2D eigenvalue weighted by atomic mass is 9.95. The van der Waals surface area contributed by atoms with Gasteiger partial charge in [0.25, 0.3) is 0 Å². The third-order valence-electron chi connectivity index (χ3n) is 5.47. The number of hydrogen-bond donors (Lipinski definition) is 1. The van der Waals surface area contributed by atoms with Crippen molar-refractivity contribution in [3.8, 4) is 0 Å². The van der Waals surface area contributed by atoms with Crippen molar-refractivity contribution in [2.75, 3.05) is 19.6 Å². The van der Waals surface area contributed by atoms with E-state index in [0.29, 0.717) is 50.9 Å². The summed E-state index contributed by atoms with van der Waals surface area (Å²) in [6.07, 6.45) is 2.23. The fraction of sp³-hybridized carbons (Fsp3) is 0.391. The molecule has 148 valence electrons. The van der Waals surface area contributed by atoms with Crippen LogP contribution in [-0.4, -0.2) is 36.3 Å². The van der Waals surface area contributed by atoms with Crippen molar-refractivity contribution in [1.82, 2.24) is 10.2 Å². The summed E-state index contributed by atoms with van der Waals surface area (Å²) in [5.41, 5.74) is 2.79. The Morgan fingerprint density at radius 2 is 1.68 bits per heavy atom. The van der Waals surface area contributed by atoms with Gasteiger partial charge in [-0.2, -0.15) is 0 Å². The number of benzene rings is 2. The minimum Gasteiger partial charge on any atom is -0.356 e. The number of amides is 2. The van der Waals surface area contributed by atoms with Gasteiger partial charge in [0, 0.05) is 25.6 Å². The topological polar surface area (TPSA) is 49.4 Å². The van der Waals surface area contributed by atoms with Gasteiger partial charge in [-0.1, -0.05) is 42.5 Å². The van der Waals surface area contributed by atoms with Crippen LogP contribution in [0.25, 0.3) is 0 Å². The standard InChI is InChI=1S/C23H27FN2O2/c1-17-6-2-3-8-20(17)16-22(27)26-14-11-19(12-15-26)23(28)25-13-10-18-7-4-5-9-21(18)24/h2-9,19H,10-16H2,1H3,(H,25,28). The third-order valence-corrected chi connectivity index (χ3v) is 5.47. The maximum absolute atomic E-state index is 13.6. The van der Waals surface area contributed by atoms with Crippen LogP contribution in [0.4, 0.5) is 4.39 Å². The highest BCUT2D eigenvalue weighted by Gasteiger charge is 2.27. The minimum absolute atomic E-state index is 0.00217. The van der Waals surface area contributed by atoms with Crippen LogP contribution in [0, 0.1) is 18.7 Å². The average molecular weight is 382 g/mol. The molecule has 1 saturated heterocycles. The maximum Gasteiger partial charge on any atom is 0.226 e. The highest BCUT2D eigenvalue weighted by Crippen LogP contribution is 2.19. The second-order valence-corrected chi connectivity index (χ2v) is 7.39. The van der Waals surface area contributed by atoms with Crippen LogP contribution in [0.3, 0.4) is 0 Å². The highest BCUT2D eigenvalue weighted by molar-refractivity contribution is 5.81. The van der Waals surface area contributed by atoms with Gasteiger partial charge < -0.3 is 10.2 Å². The third kappa shape index (κ3) is 5.18. The van der Waals surface area contributed by atoms with Crippen LogP contribution >= 0.6 is 0 Å². The first-order chi connectivity index (χ1) is 13.5. The molecule has 0 radical (unpaired) electrons. The maximum atomic E-state index is 13.6. The molecule has 0 saturated carbocycles. The van der Waals surface area contributed by atoms with Gasteiger partial charge in [0.1, 0.15) is 5.82 Å². The number of carbonyl (C=O) groups is 2. The molecule has 3 rings (SSSR count). The lowest BCUT2D eigenvalue weighted by molar-refractivity contribution is -0.135. The smallest absolute Gasteiger partial charge is 0.226 e. The number of piperidine rings is 1. The normalized spacial score (nSPS) is 14.7. The molecule has 1 heterocycles. The largest absolute Gasteiger partial charge is 0.356 e. The molecule has 4 nitrogen and oxygen atoms in total. The van der Waals surface area contributed by atoms with E-state index in [9.17, 15) is 14.0 Å². The molecule has 0 aromatic heterocycles. The number of aryl methyl sites for hydroxylation is 1. The second-order valence-electron chi connectivity index (χ2n) is 7.39. The van der Waals surface area contributed by atoms with Gasteiger partial charge in [0.15, 0.2) is 0 Å². The molecule has 1 fully saturated rings. The number of likely N-dealkylation sites (tertiary alicyclic amines) is 1. The molecule has 0 spiro atoms. The van der Waals surface area contributed by atoms with Gasteiger partial charge in [-0.15, -0.1) is 0 Å². The monoisotopic (exact) mass is 382 g/mol. The molecular formula is C23H27FN2O2. The first kappa shape index (κ1) is 20.1. The second kappa shape index (κ2) is 9.49. The van der Waals surface area contributed by atoms with Crippen molar-refractivity contribution in [2.45, 2.75) is 32.6 Å². The summed E-state index contributed by atoms with van der Waals surface area (Å²) in [4.78, 5) is 26.8. The molecule has 0 unspecified atom stereocenters. The van der Waals surface area contributed by atoms with E-state index in [-0.39, 0.29) is 23.5 Å². The quantitative estimate of drug-likeness (QED) is 0.834. The van der Waals surface area contributed by atoms with Crippen LogP contribution in [0.2, 0.25) is 0 Å². The van der Waals surface area contributed by atoms with Crippen LogP contribution < -0.4 is 5.32 Å². The lowest BCUT2D eigenvalue weighted by Gasteiger charge is -2.31. The molecule has 2 aromatic carbocycles. The van der Waals surface area contributed by atoms with Crippen molar-refractivity contribution in [3.63, 3.8) is 0 Å². The molecule has 0 bridgehead atoms. The molecule has 5 heteroatoms. The summed E-state index contributed by atoms with van der Waals surface area (Å²) in [5.74, 6) is -0.199. The number of nitrogens with zero attached hydrogens (tertiary/aromatic N) is 1. The van der Waals surface area contributed by atoms with Crippen molar-refractivity contribution in [1.29, 1.82) is 0 Å². The van der Waals surface area contributed by atoms with E-state index >= 15 is 0 Å². The van der Waals surface area contributed by atoms with Crippen molar-refractivity contribution in [2.24, 2.45) is 5.92 Å². The average Bonchev–Trinajstić information content (AvgIpc) is 2.71. The summed E-state index contributed by atoms with van der Waals surface area (Å²) in [6, 6.07) is 14.5. The number of carbonyl (C=O) groups excluding carboxylic acids is 2. The predicted octanol–water partition coefficient (Wildman–Crippen LogP) is 3.27. The molecule has 2 amide bonds. The van der Waals surface area contributed by atoms with Gasteiger partial charge in [0.05, 0.1) is 6.42 Å². The van der Waals surface area contributed by atoms with Gasteiger partial charge in [-0.05, 0) is 48.9 Å². The molecule has 1 aliphatic heterocycles. The summed E-state index contributed by atoms with van der Waals surface area (Å²) in [6.45, 7) is 3.65. The van der Waals surface area contributed by atoms with Crippen LogP contribution in [0.1, 0.15) is 29.5 Å². The molecule has 2 aromatic rings. The van der Waals surface area contributed by atoms with E-state index in [1.165, 1.54) is 6.07 Å². The molecule has 1 N–H and O–H groups in total. The molecule has 0 aliphatic carbocycles. The summed E-state index contributed by atoms with van der Waals surface area (Å²) < 4.78 is 13.6. The first-order valence-electron chi connectivity index (χ1n) is 9.88. The molecule has 1 aliphatic rings. The van der Waals surface area contributed by atoms with E-state index in [4.69, 9.17) is 0 Å². The highest BCUT2D eigenvalue weighted by atomic mass is 19.1. The Morgan fingerprint density at radius 1 is 1.04 bits per heavy atom.